The standard InChI is InChI=1S/C22H45NO7S.C18H35O2/c1-4-5-6-7-8-9-10-11-12-13-14-15-16-17-22(25)29-21(3)30-31(26,27)28-19-23-18-20(2)24;1-3-5-6-7-8-9-10-11-12-13-14-15-16-17-18(19)20-4-2/h20-21,23-24H,4-19H2,1-3H3;4H,3,5-17H2,1-2H3/q;-1/p+1. The number of aliphatic hydroxyl groups is 1. The molecule has 0 rings (SSSR count). The van der Waals surface area contributed by atoms with Crippen LogP contribution in [0.1, 0.15) is 214 Å². The van der Waals surface area contributed by atoms with Crippen molar-refractivity contribution >= 4 is 22.3 Å². The molecule has 10 nitrogen and oxygen atoms in total. The van der Waals surface area contributed by atoms with Gasteiger partial charge in [-0.15, -0.1) is 0 Å². The number of hydrogen-bond donors (Lipinski definition) is 2. The van der Waals surface area contributed by atoms with E-state index in [1.54, 1.807) is 13.8 Å². The van der Waals surface area contributed by atoms with Crippen molar-refractivity contribution in [1.82, 2.24) is 0 Å². The van der Waals surface area contributed by atoms with Crippen molar-refractivity contribution in [1.29, 1.82) is 0 Å². The first-order valence-electron chi connectivity index (χ1n) is 20.8. The van der Waals surface area contributed by atoms with Gasteiger partial charge in [-0.2, -0.15) is 26.1 Å². The summed E-state index contributed by atoms with van der Waals surface area (Å²) in [6, 6.07) is 0. The molecule has 0 radical (unpaired) electrons. The maximum Gasteiger partial charge on any atom is 0.407 e. The molecular weight excluding hydrogens is 671 g/mol. The van der Waals surface area contributed by atoms with Crippen molar-refractivity contribution in [2.45, 2.75) is 227 Å². The monoisotopic (exact) mass is 752 g/mol. The van der Waals surface area contributed by atoms with E-state index in [2.05, 4.69) is 22.2 Å². The van der Waals surface area contributed by atoms with Gasteiger partial charge < -0.3 is 19.9 Å². The van der Waals surface area contributed by atoms with Crippen LogP contribution < -0.4 is 5.32 Å². The number of aliphatic hydroxyl groups excluding tert-OH is 1. The fraction of sp³-hybridized carbons (Fsp3) is 0.925. The van der Waals surface area contributed by atoms with E-state index >= 15 is 0 Å². The zero-order valence-electron chi connectivity index (χ0n) is 33.6. The molecule has 3 N–H and O–H groups in total. The Labute approximate surface area is 314 Å². The first kappa shape index (κ1) is 51.8. The minimum atomic E-state index is -4.26. The first-order valence-corrected chi connectivity index (χ1v) is 22.1. The second kappa shape index (κ2) is 39.9. The van der Waals surface area contributed by atoms with Crippen molar-refractivity contribution in [2.24, 2.45) is 0 Å². The zero-order chi connectivity index (χ0) is 38.3. The lowest BCUT2D eigenvalue weighted by molar-refractivity contribution is -0.684. The fourth-order valence-electron chi connectivity index (χ4n) is 5.66. The van der Waals surface area contributed by atoms with E-state index in [4.69, 9.17) is 14.6 Å². The highest BCUT2D eigenvalue weighted by Crippen LogP contribution is 2.15. The highest BCUT2D eigenvalue weighted by Gasteiger charge is 2.20. The van der Waals surface area contributed by atoms with E-state index in [-0.39, 0.29) is 19.1 Å². The molecule has 2 unspecified atom stereocenters. The van der Waals surface area contributed by atoms with Crippen LogP contribution in [-0.2, 0) is 37.8 Å². The highest BCUT2D eigenvalue weighted by atomic mass is 32.3. The van der Waals surface area contributed by atoms with Crippen LogP contribution in [-0.4, -0.2) is 51.1 Å². The van der Waals surface area contributed by atoms with Crippen LogP contribution in [0.25, 0.3) is 0 Å². The van der Waals surface area contributed by atoms with Gasteiger partial charge in [0.2, 0.25) is 6.29 Å². The molecule has 0 aromatic rings. The third-order valence-electron chi connectivity index (χ3n) is 8.61. The fourth-order valence-corrected chi connectivity index (χ4v) is 6.35. The molecule has 0 saturated heterocycles. The SMILES string of the molecule is CCCCCCCCCCCCCCCC(=O)OC(C)OS(=O)(=O)OC[NH2+]CC(C)O.C[CH-]OC(=O)CCCCCCCCCCCCCCC. The van der Waals surface area contributed by atoms with Crippen LogP contribution in [0.15, 0.2) is 0 Å². The molecule has 0 aliphatic carbocycles. The Hall–Kier alpha value is -1.27. The van der Waals surface area contributed by atoms with Crippen molar-refractivity contribution in [3.63, 3.8) is 0 Å². The Kier molecular flexibility index (Phi) is 40.6. The van der Waals surface area contributed by atoms with Crippen LogP contribution in [0.4, 0.5) is 0 Å². The lowest BCUT2D eigenvalue weighted by Crippen LogP contribution is -2.86. The predicted molar refractivity (Wildman–Crippen MR) is 207 cm³/mol. The third-order valence-corrected chi connectivity index (χ3v) is 9.54. The molecule has 0 aromatic carbocycles. The second-order valence-corrected chi connectivity index (χ2v) is 15.2. The van der Waals surface area contributed by atoms with Crippen LogP contribution in [0.3, 0.4) is 0 Å². The summed E-state index contributed by atoms with van der Waals surface area (Å²) in [5.74, 6) is -0.568. The summed E-state index contributed by atoms with van der Waals surface area (Å²) in [6.07, 6.45) is 32.3. The molecule has 0 aromatic heterocycles. The molecule has 306 valence electrons. The van der Waals surface area contributed by atoms with Gasteiger partial charge in [0.15, 0.2) is 6.73 Å². The van der Waals surface area contributed by atoms with E-state index in [9.17, 15) is 18.0 Å². The van der Waals surface area contributed by atoms with Gasteiger partial charge in [0.1, 0.15) is 12.6 Å². The molecule has 0 spiro atoms. The Bertz CT molecular complexity index is 855. The number of nitrogens with two attached hydrogens (primary N) is 1. The quantitative estimate of drug-likeness (QED) is 0.0275. The van der Waals surface area contributed by atoms with Crippen molar-refractivity contribution in [3.05, 3.63) is 6.61 Å². The molecule has 0 amide bonds. The van der Waals surface area contributed by atoms with Crippen molar-refractivity contribution in [3.8, 4) is 0 Å². The smallest absolute Gasteiger partial charge is 0.407 e. The summed E-state index contributed by atoms with van der Waals surface area (Å²) >= 11 is 0. The van der Waals surface area contributed by atoms with Gasteiger partial charge in [-0.05, 0) is 26.7 Å². The van der Waals surface area contributed by atoms with Gasteiger partial charge >= 0.3 is 16.4 Å². The summed E-state index contributed by atoms with van der Waals surface area (Å²) in [4.78, 5) is 22.9. The van der Waals surface area contributed by atoms with Gasteiger partial charge in [0, 0.05) is 12.8 Å². The topological polar surface area (TPSA) is 142 Å². The van der Waals surface area contributed by atoms with E-state index in [1.807, 2.05) is 0 Å². The molecule has 2 atom stereocenters. The van der Waals surface area contributed by atoms with Crippen molar-refractivity contribution in [2.75, 3.05) is 13.3 Å². The summed E-state index contributed by atoms with van der Waals surface area (Å²) in [5.41, 5.74) is 0. The summed E-state index contributed by atoms with van der Waals surface area (Å²) in [6.45, 7) is 10.7. The van der Waals surface area contributed by atoms with Gasteiger partial charge in [0.05, 0.1) is 0 Å². The molecule has 0 aliphatic rings. The number of rotatable bonds is 37. The summed E-state index contributed by atoms with van der Waals surface area (Å²) < 4.78 is 42.3. The Morgan fingerprint density at radius 3 is 1.31 bits per heavy atom. The molecule has 0 fully saturated rings. The molecule has 51 heavy (non-hydrogen) atoms. The molecule has 11 heteroatoms. The van der Waals surface area contributed by atoms with E-state index in [1.165, 1.54) is 154 Å². The minimum absolute atomic E-state index is 0.0874. The lowest BCUT2D eigenvalue weighted by atomic mass is 10.0. The van der Waals surface area contributed by atoms with Gasteiger partial charge in [-0.1, -0.05) is 168 Å². The highest BCUT2D eigenvalue weighted by molar-refractivity contribution is 7.81. The van der Waals surface area contributed by atoms with Crippen molar-refractivity contribution < 1.29 is 46.3 Å². The Morgan fingerprint density at radius 2 is 0.961 bits per heavy atom. The third kappa shape index (κ3) is 44.8. The van der Waals surface area contributed by atoms with Crippen LogP contribution in [0.2, 0.25) is 0 Å². The average Bonchev–Trinajstić information content (AvgIpc) is 3.07. The summed E-state index contributed by atoms with van der Waals surface area (Å²) in [5, 5.41) is 10.6. The van der Waals surface area contributed by atoms with Gasteiger partial charge in [-0.3, -0.25) is 9.59 Å². The number of carbonyl (C=O) groups is 2. The molecule has 0 heterocycles. The molecule has 0 bridgehead atoms. The van der Waals surface area contributed by atoms with E-state index < -0.39 is 28.8 Å². The maximum absolute atomic E-state index is 11.8. The van der Waals surface area contributed by atoms with Crippen LogP contribution in [0.5, 0.6) is 0 Å². The van der Waals surface area contributed by atoms with Crippen LogP contribution >= 0.6 is 0 Å². The normalized spacial score (nSPS) is 12.6. The van der Waals surface area contributed by atoms with E-state index in [0.29, 0.717) is 13.0 Å². The second-order valence-electron chi connectivity index (χ2n) is 13.9. The average molecular weight is 752 g/mol. The zero-order valence-corrected chi connectivity index (χ0v) is 34.5. The van der Waals surface area contributed by atoms with Gasteiger partial charge in [0.25, 0.3) is 5.97 Å². The first-order chi connectivity index (χ1) is 24.6. The predicted octanol–water partition coefficient (Wildman–Crippen LogP) is 9.73. The number of ether oxygens (including phenoxy) is 2. The van der Waals surface area contributed by atoms with Gasteiger partial charge in [-0.25, -0.2) is 4.18 Å². The maximum atomic E-state index is 11.8. The number of unbranched alkanes of at least 4 members (excludes halogenated alkanes) is 24. The van der Waals surface area contributed by atoms with Crippen LogP contribution in [0, 0.1) is 6.61 Å². The minimum Gasteiger partial charge on any atom is -0.637 e. The number of carbonyl (C=O) groups excluding carboxylic acids is 2. The Morgan fingerprint density at radius 1 is 0.608 bits per heavy atom. The number of esters is 2. The number of quaternary nitrogens is 1. The number of hydrogen-bond acceptors (Lipinski definition) is 9. The lowest BCUT2D eigenvalue weighted by Gasteiger charge is -2.13. The summed E-state index contributed by atoms with van der Waals surface area (Å²) in [7, 11) is -4.26. The largest absolute Gasteiger partial charge is 0.637 e. The van der Waals surface area contributed by atoms with E-state index in [0.717, 1.165) is 32.1 Å². The molecule has 0 saturated carbocycles. The Balaban J connectivity index is 0. The molecule has 0 aliphatic heterocycles. The molecular formula is C40H81NO9S.